The van der Waals surface area contributed by atoms with Crippen LogP contribution in [-0.4, -0.2) is 22.2 Å². The molecule has 0 aliphatic rings. The molecule has 0 heterocycles. The quantitative estimate of drug-likeness (QED) is 0.770. The summed E-state index contributed by atoms with van der Waals surface area (Å²) in [7, 11) is 0. The molecule has 0 aliphatic carbocycles. The van der Waals surface area contributed by atoms with Gasteiger partial charge in [0, 0.05) is 0 Å². The van der Waals surface area contributed by atoms with Crippen molar-refractivity contribution in [3.63, 3.8) is 0 Å². The van der Waals surface area contributed by atoms with E-state index < -0.39 is 11.9 Å². The van der Waals surface area contributed by atoms with Gasteiger partial charge in [-0.15, -0.1) is 0 Å². The van der Waals surface area contributed by atoms with Gasteiger partial charge >= 0.3 is 11.9 Å². The largest absolute Gasteiger partial charge is 0.478 e. The number of benzene rings is 2. The van der Waals surface area contributed by atoms with E-state index in [-0.39, 0.29) is 20.6 Å². The van der Waals surface area contributed by atoms with Crippen LogP contribution >= 0.6 is 34.8 Å². The van der Waals surface area contributed by atoms with E-state index in [2.05, 4.69) is 0 Å². The molecule has 0 radical (unpaired) electrons. The molecule has 2 aromatic rings. The third-order valence-electron chi connectivity index (χ3n) is 2.29. The van der Waals surface area contributed by atoms with Crippen LogP contribution in [0.3, 0.4) is 0 Å². The van der Waals surface area contributed by atoms with Crippen LogP contribution in [0.5, 0.6) is 0 Å². The molecule has 21 heavy (non-hydrogen) atoms. The van der Waals surface area contributed by atoms with Crippen LogP contribution in [0.2, 0.25) is 15.1 Å². The summed E-state index contributed by atoms with van der Waals surface area (Å²) >= 11 is 16.8. The molecule has 0 saturated carbocycles. The van der Waals surface area contributed by atoms with E-state index in [1.807, 2.05) is 0 Å². The normalized spacial score (nSPS) is 9.48. The van der Waals surface area contributed by atoms with Gasteiger partial charge in [-0.3, -0.25) is 0 Å². The Bertz CT molecular complexity index is 657. The summed E-state index contributed by atoms with van der Waals surface area (Å²) in [5.74, 6) is -2.01. The van der Waals surface area contributed by atoms with Crippen LogP contribution in [0.4, 0.5) is 0 Å². The van der Waals surface area contributed by atoms with Crippen LogP contribution < -0.4 is 0 Å². The maximum atomic E-state index is 10.5. The summed E-state index contributed by atoms with van der Waals surface area (Å²) < 4.78 is 0. The SMILES string of the molecule is O=C(O)c1ccc(Cl)c(Cl)c1Cl.O=C(O)c1ccccc1. The van der Waals surface area contributed by atoms with Gasteiger partial charge in [0.25, 0.3) is 0 Å². The minimum atomic E-state index is -1.13. The predicted molar refractivity (Wildman–Crippen MR) is 81.8 cm³/mol. The second-order valence-corrected chi connectivity index (χ2v) is 4.86. The van der Waals surface area contributed by atoms with E-state index in [9.17, 15) is 9.59 Å². The maximum Gasteiger partial charge on any atom is 0.337 e. The van der Waals surface area contributed by atoms with E-state index in [1.165, 1.54) is 12.1 Å². The van der Waals surface area contributed by atoms with Crippen molar-refractivity contribution in [2.45, 2.75) is 0 Å². The molecule has 0 amide bonds. The van der Waals surface area contributed by atoms with E-state index in [0.29, 0.717) is 5.56 Å². The van der Waals surface area contributed by atoms with Crippen molar-refractivity contribution in [3.05, 3.63) is 68.7 Å². The molecule has 0 spiro atoms. The molecule has 0 saturated heterocycles. The van der Waals surface area contributed by atoms with Gasteiger partial charge in [0.05, 0.1) is 26.2 Å². The van der Waals surface area contributed by atoms with E-state index in [4.69, 9.17) is 45.0 Å². The van der Waals surface area contributed by atoms with Gasteiger partial charge in [-0.1, -0.05) is 53.0 Å². The lowest BCUT2D eigenvalue weighted by molar-refractivity contribution is 0.0686. The molecule has 0 bridgehead atoms. The standard InChI is InChI=1S/C7H3Cl3O2.C7H6O2/c8-4-2-1-3(7(11)12)5(9)6(4)10;8-7(9)6-4-2-1-3-5-6/h1-2H,(H,11,12);1-5H,(H,8,9). The van der Waals surface area contributed by atoms with Gasteiger partial charge in [0.2, 0.25) is 0 Å². The zero-order valence-corrected chi connectivity index (χ0v) is 12.7. The number of hydrogen-bond donors (Lipinski definition) is 2. The summed E-state index contributed by atoms with van der Waals surface area (Å²) in [6, 6.07) is 11.0. The lowest BCUT2D eigenvalue weighted by atomic mass is 10.2. The van der Waals surface area contributed by atoms with E-state index in [1.54, 1.807) is 30.3 Å². The molecule has 110 valence electrons. The summed E-state index contributed by atoms with van der Waals surface area (Å²) in [4.78, 5) is 20.7. The molecule has 0 aliphatic heterocycles. The van der Waals surface area contributed by atoms with Crippen LogP contribution in [0.15, 0.2) is 42.5 Å². The first-order chi connectivity index (χ1) is 9.84. The average Bonchev–Trinajstić information content (AvgIpc) is 2.46. The second-order valence-electron chi connectivity index (χ2n) is 3.70. The Hall–Kier alpha value is -1.75. The lowest BCUT2D eigenvalue weighted by Gasteiger charge is -2.01. The average molecular weight is 348 g/mol. The van der Waals surface area contributed by atoms with Crippen molar-refractivity contribution in [3.8, 4) is 0 Å². The predicted octanol–water partition coefficient (Wildman–Crippen LogP) is 4.73. The molecule has 0 fully saturated rings. The highest BCUT2D eigenvalue weighted by atomic mass is 35.5. The molecule has 2 rings (SSSR count). The van der Waals surface area contributed by atoms with Gasteiger partial charge in [0.1, 0.15) is 0 Å². The molecule has 2 N–H and O–H groups in total. The minimum absolute atomic E-state index is 0.0309. The van der Waals surface area contributed by atoms with Gasteiger partial charge < -0.3 is 10.2 Å². The monoisotopic (exact) mass is 346 g/mol. The number of halogens is 3. The van der Waals surface area contributed by atoms with Crippen molar-refractivity contribution < 1.29 is 19.8 Å². The van der Waals surface area contributed by atoms with Gasteiger partial charge in [-0.05, 0) is 24.3 Å². The Kier molecular flexibility index (Phi) is 6.49. The molecule has 0 unspecified atom stereocenters. The van der Waals surface area contributed by atoms with Crippen molar-refractivity contribution in [1.82, 2.24) is 0 Å². The minimum Gasteiger partial charge on any atom is -0.478 e. The Balaban J connectivity index is 0.000000219. The maximum absolute atomic E-state index is 10.5. The Labute approximate surface area is 135 Å². The fourth-order valence-electron chi connectivity index (χ4n) is 1.27. The summed E-state index contributed by atoms with van der Waals surface area (Å²) in [5, 5.41) is 17.3. The van der Waals surface area contributed by atoms with Crippen molar-refractivity contribution in [2.24, 2.45) is 0 Å². The van der Waals surface area contributed by atoms with Crippen molar-refractivity contribution >= 4 is 46.7 Å². The second kappa shape index (κ2) is 7.88. The highest BCUT2D eigenvalue weighted by Crippen LogP contribution is 2.32. The van der Waals surface area contributed by atoms with Crippen LogP contribution in [0.25, 0.3) is 0 Å². The fourth-order valence-corrected chi connectivity index (χ4v) is 1.89. The molecule has 0 atom stereocenters. The van der Waals surface area contributed by atoms with Gasteiger partial charge in [-0.25, -0.2) is 9.59 Å². The van der Waals surface area contributed by atoms with Gasteiger partial charge in [0.15, 0.2) is 0 Å². The third kappa shape index (κ3) is 4.93. The Morgan fingerprint density at radius 2 is 1.33 bits per heavy atom. The van der Waals surface area contributed by atoms with E-state index >= 15 is 0 Å². The first-order valence-corrected chi connectivity index (χ1v) is 6.63. The number of hydrogen-bond acceptors (Lipinski definition) is 2. The highest BCUT2D eigenvalue weighted by molar-refractivity contribution is 6.49. The van der Waals surface area contributed by atoms with Crippen molar-refractivity contribution in [1.29, 1.82) is 0 Å². The number of carboxylic acid groups (broad SMARTS) is 2. The van der Waals surface area contributed by atoms with Crippen LogP contribution in [0, 0.1) is 0 Å². The van der Waals surface area contributed by atoms with Crippen LogP contribution in [-0.2, 0) is 0 Å². The fraction of sp³-hybridized carbons (Fsp3) is 0. The zero-order valence-electron chi connectivity index (χ0n) is 10.4. The summed E-state index contributed by atoms with van der Waals surface area (Å²) in [6.07, 6.45) is 0. The van der Waals surface area contributed by atoms with Gasteiger partial charge in [-0.2, -0.15) is 0 Å². The molecule has 0 aromatic heterocycles. The number of rotatable bonds is 2. The number of carbonyl (C=O) groups is 2. The first-order valence-electron chi connectivity index (χ1n) is 5.49. The smallest absolute Gasteiger partial charge is 0.337 e. The Morgan fingerprint density at radius 1 is 0.762 bits per heavy atom. The highest BCUT2D eigenvalue weighted by Gasteiger charge is 2.13. The molecular weight excluding hydrogens is 339 g/mol. The topological polar surface area (TPSA) is 74.6 Å². The van der Waals surface area contributed by atoms with Crippen molar-refractivity contribution in [2.75, 3.05) is 0 Å². The molecule has 7 heteroatoms. The first kappa shape index (κ1) is 17.3. The summed E-state index contributed by atoms with van der Waals surface area (Å²) in [6.45, 7) is 0. The molecular formula is C14H9Cl3O4. The Morgan fingerprint density at radius 3 is 1.76 bits per heavy atom. The van der Waals surface area contributed by atoms with E-state index in [0.717, 1.165) is 0 Å². The molecule has 4 nitrogen and oxygen atoms in total. The lowest BCUT2D eigenvalue weighted by Crippen LogP contribution is -1.97. The third-order valence-corrected chi connectivity index (χ3v) is 3.58. The summed E-state index contributed by atoms with van der Waals surface area (Å²) in [5.41, 5.74) is 0.281. The number of aromatic carboxylic acids is 2. The number of carboxylic acids is 2. The zero-order chi connectivity index (χ0) is 16.0. The molecule has 2 aromatic carbocycles. The van der Waals surface area contributed by atoms with Crippen LogP contribution in [0.1, 0.15) is 20.7 Å².